The highest BCUT2D eigenvalue weighted by atomic mass is 35.5. The van der Waals surface area contributed by atoms with Crippen LogP contribution in [0.15, 0.2) is 24.3 Å². The zero-order valence-corrected chi connectivity index (χ0v) is 14.1. The van der Waals surface area contributed by atoms with Crippen molar-refractivity contribution in [1.82, 2.24) is 0 Å². The molecule has 0 aromatic heterocycles. The fourth-order valence-electron chi connectivity index (χ4n) is 3.49. The van der Waals surface area contributed by atoms with E-state index in [1.54, 1.807) is 0 Å². The molecule has 1 aliphatic carbocycles. The third-order valence-electron chi connectivity index (χ3n) is 4.95. The van der Waals surface area contributed by atoms with Gasteiger partial charge in [-0.05, 0) is 49.3 Å². The summed E-state index contributed by atoms with van der Waals surface area (Å²) in [7, 11) is 5.48. The number of hydrogen-bond acceptors (Lipinski definition) is 3. The Bertz CT molecular complexity index is 546. The summed E-state index contributed by atoms with van der Waals surface area (Å²) in [5, 5.41) is 10.2. The summed E-state index contributed by atoms with van der Waals surface area (Å²) in [6.07, 6.45) is 4.47. The molecular formula is C17H24BClN2O2. The van der Waals surface area contributed by atoms with E-state index < -0.39 is 11.5 Å². The van der Waals surface area contributed by atoms with Crippen LogP contribution in [0.3, 0.4) is 0 Å². The van der Waals surface area contributed by atoms with E-state index in [9.17, 15) is 9.90 Å². The lowest BCUT2D eigenvalue weighted by Gasteiger charge is -2.51. The number of halogens is 1. The van der Waals surface area contributed by atoms with Gasteiger partial charge >= 0.3 is 5.97 Å². The summed E-state index contributed by atoms with van der Waals surface area (Å²) in [4.78, 5) is 11.6. The summed E-state index contributed by atoms with van der Waals surface area (Å²) in [6.45, 7) is 0. The zero-order chi connectivity index (χ0) is 17.1. The molecule has 0 bridgehead atoms. The van der Waals surface area contributed by atoms with Gasteiger partial charge in [0, 0.05) is 10.6 Å². The third kappa shape index (κ3) is 4.28. The highest BCUT2D eigenvalue weighted by molar-refractivity contribution is 6.30. The van der Waals surface area contributed by atoms with E-state index in [-0.39, 0.29) is 11.5 Å². The predicted octanol–water partition coefficient (Wildman–Crippen LogP) is 2.53. The Labute approximate surface area is 144 Å². The summed E-state index contributed by atoms with van der Waals surface area (Å²) in [6, 6.07) is 7.60. The highest BCUT2D eigenvalue weighted by Gasteiger charge is 2.53. The lowest BCUT2D eigenvalue weighted by Crippen LogP contribution is -2.66. The largest absolute Gasteiger partial charge is 0.480 e. The second kappa shape index (κ2) is 7.24. The summed E-state index contributed by atoms with van der Waals surface area (Å²) in [5.74, 6) is -1.02. The van der Waals surface area contributed by atoms with Gasteiger partial charge in [-0.2, -0.15) is 0 Å². The van der Waals surface area contributed by atoms with Crippen LogP contribution < -0.4 is 11.5 Å². The van der Waals surface area contributed by atoms with Crippen molar-refractivity contribution in [3.05, 3.63) is 34.9 Å². The van der Waals surface area contributed by atoms with Gasteiger partial charge < -0.3 is 16.6 Å². The molecule has 1 aromatic carbocycles. The molecule has 1 aliphatic rings. The van der Waals surface area contributed by atoms with E-state index in [2.05, 4.69) is 0 Å². The molecular weight excluding hydrogens is 310 g/mol. The Kier molecular flexibility index (Phi) is 5.77. The number of hydrogen-bond donors (Lipinski definition) is 3. The van der Waals surface area contributed by atoms with Crippen molar-refractivity contribution < 1.29 is 9.90 Å². The van der Waals surface area contributed by atoms with Gasteiger partial charge in [-0.25, -0.2) is 0 Å². The second-order valence-corrected chi connectivity index (χ2v) is 7.30. The SMILES string of the molecule is [B]CCCCC(N)(C(=O)O)C1CC(N)(Cc2ccc(Cl)cc2)C1. The van der Waals surface area contributed by atoms with Crippen LogP contribution in [0.5, 0.6) is 0 Å². The minimum Gasteiger partial charge on any atom is -0.480 e. The van der Waals surface area contributed by atoms with E-state index in [4.69, 9.17) is 30.9 Å². The van der Waals surface area contributed by atoms with Gasteiger partial charge in [-0.15, -0.1) is 0 Å². The average molecular weight is 335 g/mol. The topological polar surface area (TPSA) is 89.3 Å². The van der Waals surface area contributed by atoms with Crippen LogP contribution in [0.25, 0.3) is 0 Å². The average Bonchev–Trinajstić information content (AvgIpc) is 2.47. The van der Waals surface area contributed by atoms with Gasteiger partial charge in [0.2, 0.25) is 0 Å². The van der Waals surface area contributed by atoms with Crippen LogP contribution in [-0.4, -0.2) is 30.0 Å². The molecule has 1 fully saturated rings. The van der Waals surface area contributed by atoms with Crippen LogP contribution in [-0.2, 0) is 11.2 Å². The first-order valence-electron chi connectivity index (χ1n) is 8.05. The number of carboxylic acid groups (broad SMARTS) is 1. The molecule has 6 heteroatoms. The van der Waals surface area contributed by atoms with Crippen molar-refractivity contribution in [3.8, 4) is 0 Å². The molecule has 2 rings (SSSR count). The van der Waals surface area contributed by atoms with Crippen molar-refractivity contribution in [2.75, 3.05) is 0 Å². The maximum atomic E-state index is 11.6. The number of rotatable bonds is 8. The van der Waals surface area contributed by atoms with Crippen LogP contribution in [0, 0.1) is 5.92 Å². The molecule has 2 radical (unpaired) electrons. The molecule has 1 saturated carbocycles. The van der Waals surface area contributed by atoms with Crippen molar-refractivity contribution >= 4 is 25.4 Å². The molecule has 23 heavy (non-hydrogen) atoms. The predicted molar refractivity (Wildman–Crippen MR) is 93.8 cm³/mol. The van der Waals surface area contributed by atoms with Crippen molar-refractivity contribution in [2.24, 2.45) is 17.4 Å². The number of nitrogens with two attached hydrogens (primary N) is 2. The molecule has 0 saturated heterocycles. The molecule has 1 atom stereocenters. The second-order valence-electron chi connectivity index (χ2n) is 6.86. The minimum atomic E-state index is -1.20. The Morgan fingerprint density at radius 2 is 1.96 bits per heavy atom. The maximum Gasteiger partial charge on any atom is 0.323 e. The van der Waals surface area contributed by atoms with Gasteiger partial charge in [0.1, 0.15) is 5.54 Å². The Morgan fingerprint density at radius 1 is 1.35 bits per heavy atom. The molecule has 0 aliphatic heterocycles. The van der Waals surface area contributed by atoms with E-state index in [0.717, 1.165) is 18.4 Å². The Hall–Kier alpha value is -1.04. The first-order chi connectivity index (χ1) is 10.8. The highest BCUT2D eigenvalue weighted by Crippen LogP contribution is 2.45. The summed E-state index contributed by atoms with van der Waals surface area (Å²) >= 11 is 5.89. The molecule has 124 valence electrons. The van der Waals surface area contributed by atoms with Crippen LogP contribution >= 0.6 is 11.6 Å². The molecule has 5 N–H and O–H groups in total. The van der Waals surface area contributed by atoms with E-state index in [0.29, 0.717) is 37.0 Å². The van der Waals surface area contributed by atoms with Crippen LogP contribution in [0.1, 0.15) is 37.7 Å². The van der Waals surface area contributed by atoms with Crippen molar-refractivity contribution in [2.45, 2.75) is 55.9 Å². The van der Waals surface area contributed by atoms with E-state index in [1.807, 2.05) is 24.3 Å². The van der Waals surface area contributed by atoms with Crippen LogP contribution in [0.2, 0.25) is 11.3 Å². The van der Waals surface area contributed by atoms with Gasteiger partial charge in [-0.1, -0.05) is 42.9 Å². The van der Waals surface area contributed by atoms with Gasteiger partial charge in [0.05, 0.1) is 7.85 Å². The molecule has 0 amide bonds. The monoisotopic (exact) mass is 334 g/mol. The number of carbonyl (C=O) groups is 1. The standard InChI is InChI=1S/C17H24BClN2O2/c18-8-2-1-7-17(21,15(22)23)13-10-16(20,11-13)9-12-3-5-14(19)6-4-12/h3-6,13H,1-2,7-11,20-21H2,(H,22,23). The normalized spacial score (nSPS) is 26.3. The van der Waals surface area contributed by atoms with E-state index >= 15 is 0 Å². The number of carboxylic acids is 1. The lowest BCUT2D eigenvalue weighted by atomic mass is 9.58. The van der Waals surface area contributed by atoms with Crippen LogP contribution in [0.4, 0.5) is 0 Å². The van der Waals surface area contributed by atoms with Crippen molar-refractivity contribution in [3.63, 3.8) is 0 Å². The number of benzene rings is 1. The Morgan fingerprint density at radius 3 is 2.48 bits per heavy atom. The lowest BCUT2D eigenvalue weighted by molar-refractivity contribution is -0.149. The fourth-order valence-corrected chi connectivity index (χ4v) is 3.61. The minimum absolute atomic E-state index is 0.0879. The fraction of sp³-hybridized carbons (Fsp3) is 0.588. The quantitative estimate of drug-likeness (QED) is 0.503. The summed E-state index contributed by atoms with van der Waals surface area (Å²) < 4.78 is 0. The smallest absolute Gasteiger partial charge is 0.323 e. The molecule has 0 heterocycles. The van der Waals surface area contributed by atoms with Gasteiger partial charge in [0.15, 0.2) is 0 Å². The van der Waals surface area contributed by atoms with Gasteiger partial charge in [0.25, 0.3) is 0 Å². The zero-order valence-electron chi connectivity index (χ0n) is 13.3. The third-order valence-corrected chi connectivity index (χ3v) is 5.20. The molecule has 1 unspecified atom stereocenters. The molecule has 0 spiro atoms. The van der Waals surface area contributed by atoms with Crippen molar-refractivity contribution in [1.29, 1.82) is 0 Å². The molecule has 1 aromatic rings. The Balaban J connectivity index is 1.96. The maximum absolute atomic E-state index is 11.6. The number of unbranched alkanes of at least 4 members (excludes halogenated alkanes) is 1. The first kappa shape index (κ1) is 18.3. The summed E-state index contributed by atoms with van der Waals surface area (Å²) in [5.41, 5.74) is 12.2. The van der Waals surface area contributed by atoms with E-state index in [1.165, 1.54) is 0 Å². The van der Waals surface area contributed by atoms with Gasteiger partial charge in [-0.3, -0.25) is 4.79 Å². The molecule has 4 nitrogen and oxygen atoms in total. The first-order valence-corrected chi connectivity index (χ1v) is 8.42. The number of aliphatic carboxylic acids is 1.